The van der Waals surface area contributed by atoms with Crippen molar-refractivity contribution in [2.45, 2.75) is 51.7 Å². The average Bonchev–Trinajstić information content (AvgIpc) is 2.67. The van der Waals surface area contributed by atoms with Crippen LogP contribution in [0.15, 0.2) is 30.3 Å². The molecule has 19 heavy (non-hydrogen) atoms. The lowest BCUT2D eigenvalue weighted by molar-refractivity contribution is 0.0549. The molecule has 1 aromatic carbocycles. The molecular weight excluding hydrogens is 232 g/mol. The summed E-state index contributed by atoms with van der Waals surface area (Å²) >= 11 is 0. The van der Waals surface area contributed by atoms with E-state index in [2.05, 4.69) is 61.3 Å². The van der Waals surface area contributed by atoms with Crippen molar-refractivity contribution < 1.29 is 0 Å². The molecule has 2 saturated heterocycles. The maximum atomic E-state index is 3.92. The van der Waals surface area contributed by atoms with Crippen molar-refractivity contribution in [3.8, 4) is 0 Å². The number of rotatable bonds is 2. The molecule has 0 aliphatic carbocycles. The molecule has 0 saturated carbocycles. The lowest BCUT2D eigenvalue weighted by Crippen LogP contribution is -2.64. The van der Waals surface area contributed by atoms with Gasteiger partial charge in [0, 0.05) is 31.2 Å². The van der Waals surface area contributed by atoms with E-state index < -0.39 is 0 Å². The molecule has 2 unspecified atom stereocenters. The summed E-state index contributed by atoms with van der Waals surface area (Å²) in [6, 6.07) is 11.6. The highest BCUT2D eigenvalue weighted by Crippen LogP contribution is 2.42. The van der Waals surface area contributed by atoms with Crippen LogP contribution in [-0.2, 0) is 6.54 Å². The van der Waals surface area contributed by atoms with Gasteiger partial charge in [-0.05, 0) is 23.8 Å². The molecule has 2 atom stereocenters. The summed E-state index contributed by atoms with van der Waals surface area (Å²) in [5, 5.41) is 3.92. The fourth-order valence-corrected chi connectivity index (χ4v) is 3.77. The summed E-state index contributed by atoms with van der Waals surface area (Å²) in [6.45, 7) is 10.6. The van der Waals surface area contributed by atoms with Gasteiger partial charge in [-0.15, -0.1) is 0 Å². The minimum Gasteiger partial charge on any atom is -0.305 e. The predicted octanol–water partition coefficient (Wildman–Crippen LogP) is 3.04. The highest BCUT2D eigenvalue weighted by molar-refractivity contribution is 5.16. The first kappa shape index (κ1) is 13.1. The number of fused-ring (bicyclic) bond motifs is 2. The first-order chi connectivity index (χ1) is 8.98. The normalized spacial score (nSPS) is 31.6. The van der Waals surface area contributed by atoms with E-state index in [0.29, 0.717) is 17.0 Å². The number of piperazine rings is 1. The Balaban J connectivity index is 1.76. The second kappa shape index (κ2) is 4.60. The van der Waals surface area contributed by atoms with Crippen molar-refractivity contribution in [2.75, 3.05) is 13.1 Å². The van der Waals surface area contributed by atoms with Gasteiger partial charge in [0.1, 0.15) is 0 Å². The molecule has 2 bridgehead atoms. The minimum absolute atomic E-state index is 0.310. The van der Waals surface area contributed by atoms with Gasteiger partial charge >= 0.3 is 0 Å². The fraction of sp³-hybridized carbons (Fsp3) is 0.647. The van der Waals surface area contributed by atoms with Crippen LogP contribution in [0, 0.1) is 5.41 Å². The molecule has 0 radical (unpaired) electrons. The maximum absolute atomic E-state index is 3.92. The number of nitrogens with zero attached hydrogens (tertiary/aromatic N) is 1. The summed E-state index contributed by atoms with van der Waals surface area (Å²) in [5.74, 6) is 0. The Kier molecular flexibility index (Phi) is 3.18. The Morgan fingerprint density at radius 3 is 2.68 bits per heavy atom. The Morgan fingerprint density at radius 2 is 2.00 bits per heavy atom. The van der Waals surface area contributed by atoms with Gasteiger partial charge in [-0.1, -0.05) is 51.1 Å². The molecule has 2 nitrogen and oxygen atoms in total. The van der Waals surface area contributed by atoms with E-state index in [1.807, 2.05) is 0 Å². The van der Waals surface area contributed by atoms with Gasteiger partial charge in [0.2, 0.25) is 0 Å². The summed E-state index contributed by atoms with van der Waals surface area (Å²) in [7, 11) is 0. The molecule has 104 valence electrons. The third-order valence-corrected chi connectivity index (χ3v) is 5.06. The molecule has 3 rings (SSSR count). The number of nitrogens with one attached hydrogen (secondary N) is 1. The van der Waals surface area contributed by atoms with Crippen LogP contribution in [0.4, 0.5) is 0 Å². The van der Waals surface area contributed by atoms with Gasteiger partial charge in [0.05, 0.1) is 0 Å². The molecule has 2 aliphatic heterocycles. The minimum atomic E-state index is 0.310. The molecule has 0 spiro atoms. The van der Waals surface area contributed by atoms with Crippen LogP contribution < -0.4 is 5.32 Å². The van der Waals surface area contributed by atoms with Crippen molar-refractivity contribution in [1.29, 1.82) is 0 Å². The predicted molar refractivity (Wildman–Crippen MR) is 80.1 cm³/mol. The number of hydrogen-bond donors (Lipinski definition) is 1. The monoisotopic (exact) mass is 258 g/mol. The molecule has 2 fully saturated rings. The molecule has 2 heteroatoms. The Labute approximate surface area is 117 Å². The first-order valence-corrected chi connectivity index (χ1v) is 7.53. The SMILES string of the molecule is CC(C)(C)C12CCC(CN(Cc3ccccc3)C1)N2. The van der Waals surface area contributed by atoms with E-state index in [1.165, 1.54) is 31.5 Å². The van der Waals surface area contributed by atoms with Crippen LogP contribution in [0.3, 0.4) is 0 Å². The van der Waals surface area contributed by atoms with Crippen molar-refractivity contribution in [1.82, 2.24) is 10.2 Å². The number of benzene rings is 1. The highest BCUT2D eigenvalue weighted by atomic mass is 15.3. The van der Waals surface area contributed by atoms with E-state index in [0.717, 1.165) is 6.54 Å². The zero-order chi connectivity index (χ0) is 13.5. The molecule has 0 amide bonds. The van der Waals surface area contributed by atoms with Gasteiger partial charge in [-0.2, -0.15) is 0 Å². The topological polar surface area (TPSA) is 15.3 Å². The van der Waals surface area contributed by atoms with Crippen molar-refractivity contribution in [3.05, 3.63) is 35.9 Å². The largest absolute Gasteiger partial charge is 0.305 e. The van der Waals surface area contributed by atoms with Crippen LogP contribution in [-0.4, -0.2) is 29.6 Å². The average molecular weight is 258 g/mol. The smallest absolute Gasteiger partial charge is 0.0361 e. The van der Waals surface area contributed by atoms with Gasteiger partial charge in [0.25, 0.3) is 0 Å². The zero-order valence-electron chi connectivity index (χ0n) is 12.4. The lowest BCUT2D eigenvalue weighted by atomic mass is 9.72. The van der Waals surface area contributed by atoms with Gasteiger partial charge < -0.3 is 5.32 Å². The lowest BCUT2D eigenvalue weighted by Gasteiger charge is -2.49. The van der Waals surface area contributed by atoms with E-state index >= 15 is 0 Å². The van der Waals surface area contributed by atoms with Crippen molar-refractivity contribution in [3.63, 3.8) is 0 Å². The quantitative estimate of drug-likeness (QED) is 0.877. The number of likely N-dealkylation sites (tertiary alicyclic amines) is 1. The van der Waals surface area contributed by atoms with Crippen molar-refractivity contribution >= 4 is 0 Å². The Hall–Kier alpha value is -0.860. The Morgan fingerprint density at radius 1 is 1.26 bits per heavy atom. The van der Waals surface area contributed by atoms with Crippen LogP contribution in [0.25, 0.3) is 0 Å². The van der Waals surface area contributed by atoms with Gasteiger partial charge in [-0.3, -0.25) is 4.90 Å². The second-order valence-corrected chi connectivity index (χ2v) is 7.37. The Bertz CT molecular complexity index is 434. The van der Waals surface area contributed by atoms with Gasteiger partial charge in [0.15, 0.2) is 0 Å². The van der Waals surface area contributed by atoms with Crippen LogP contribution >= 0.6 is 0 Å². The highest BCUT2D eigenvalue weighted by Gasteiger charge is 2.50. The molecular formula is C17H26N2. The fourth-order valence-electron chi connectivity index (χ4n) is 3.77. The molecule has 2 aliphatic rings. The summed E-state index contributed by atoms with van der Waals surface area (Å²) in [5.41, 5.74) is 2.08. The van der Waals surface area contributed by atoms with Crippen LogP contribution in [0.5, 0.6) is 0 Å². The van der Waals surface area contributed by atoms with Crippen molar-refractivity contribution in [2.24, 2.45) is 5.41 Å². The maximum Gasteiger partial charge on any atom is 0.0361 e. The summed E-state index contributed by atoms with van der Waals surface area (Å²) in [6.07, 6.45) is 2.66. The molecule has 1 aromatic rings. The third-order valence-electron chi connectivity index (χ3n) is 5.06. The summed E-state index contributed by atoms with van der Waals surface area (Å²) < 4.78 is 0. The van der Waals surface area contributed by atoms with E-state index in [1.54, 1.807) is 0 Å². The standard InChI is InChI=1S/C17H26N2/c1-16(2,3)17-10-9-15(18-17)12-19(13-17)11-14-7-5-4-6-8-14/h4-8,15,18H,9-13H2,1-3H3. The molecule has 1 N–H and O–H groups in total. The van der Waals surface area contributed by atoms with Gasteiger partial charge in [-0.25, -0.2) is 0 Å². The first-order valence-electron chi connectivity index (χ1n) is 7.53. The summed E-state index contributed by atoms with van der Waals surface area (Å²) in [4.78, 5) is 2.65. The van der Waals surface area contributed by atoms with E-state index in [-0.39, 0.29) is 0 Å². The second-order valence-electron chi connectivity index (χ2n) is 7.37. The van der Waals surface area contributed by atoms with E-state index in [4.69, 9.17) is 0 Å². The van der Waals surface area contributed by atoms with Crippen LogP contribution in [0.1, 0.15) is 39.2 Å². The van der Waals surface area contributed by atoms with Crippen LogP contribution in [0.2, 0.25) is 0 Å². The molecule has 2 heterocycles. The van der Waals surface area contributed by atoms with E-state index in [9.17, 15) is 0 Å². The molecule has 0 aromatic heterocycles. The zero-order valence-corrected chi connectivity index (χ0v) is 12.4. The third kappa shape index (κ3) is 2.44. The number of hydrogen-bond acceptors (Lipinski definition) is 2.